The Kier molecular flexibility index (Phi) is 8.94. The maximum Gasteiger partial charge on any atom is 0.0991 e. The smallest absolute Gasteiger partial charge is 0.0991 e. The van der Waals surface area contributed by atoms with Crippen molar-refractivity contribution in [1.82, 2.24) is 4.57 Å². The summed E-state index contributed by atoms with van der Waals surface area (Å²) in [5.74, 6) is 0. The molecule has 4 nitrogen and oxygen atoms in total. The number of nitrogens with zero attached hydrogens (tertiary/aromatic N) is 4. The minimum Gasteiger partial charge on any atom is -0.309 e. The number of aryl methyl sites for hydroxylation is 1. The van der Waals surface area contributed by atoms with E-state index in [9.17, 15) is 5.26 Å². The molecule has 0 atom stereocenters. The molecule has 0 spiro atoms. The third kappa shape index (κ3) is 6.24. The summed E-state index contributed by atoms with van der Waals surface area (Å²) in [6, 6.07) is 50.0. The Labute approximate surface area is 293 Å². The Morgan fingerprint density at radius 2 is 1.34 bits per heavy atom. The second-order valence-electron chi connectivity index (χ2n) is 12.6. The van der Waals surface area contributed by atoms with Gasteiger partial charge in [-0.2, -0.15) is 10.5 Å². The van der Waals surface area contributed by atoms with Crippen molar-refractivity contribution in [2.75, 3.05) is 0 Å². The zero-order chi connectivity index (χ0) is 34.6. The summed E-state index contributed by atoms with van der Waals surface area (Å²) in [4.78, 5) is 5.08. The van der Waals surface area contributed by atoms with Crippen LogP contribution in [0.1, 0.15) is 54.5 Å². The van der Waals surface area contributed by atoms with Gasteiger partial charge in [0.15, 0.2) is 0 Å². The van der Waals surface area contributed by atoms with Gasteiger partial charge in [-0.15, -0.1) is 0 Å². The largest absolute Gasteiger partial charge is 0.309 e. The number of aromatic nitrogens is 1. The molecule has 0 fully saturated rings. The van der Waals surface area contributed by atoms with Crippen molar-refractivity contribution in [2.24, 2.45) is 4.99 Å². The Hall–Kier alpha value is -6.49. The molecule has 1 heterocycles. The molecule has 0 aliphatic carbocycles. The molecule has 0 amide bonds. The molecule has 1 aromatic heterocycles. The zero-order valence-electron chi connectivity index (χ0n) is 28.3. The molecule has 0 unspecified atom stereocenters. The number of rotatable bonds is 9. The summed E-state index contributed by atoms with van der Waals surface area (Å²) in [6.45, 7) is 8.64. The quantitative estimate of drug-likeness (QED) is 0.147. The predicted molar refractivity (Wildman–Crippen MR) is 207 cm³/mol. The monoisotopic (exact) mass is 644 g/mol. The molecular formula is C46H36N4. The molecule has 0 saturated carbocycles. The Morgan fingerprint density at radius 3 is 2.08 bits per heavy atom. The third-order valence-electron chi connectivity index (χ3n) is 9.38. The van der Waals surface area contributed by atoms with Crippen molar-refractivity contribution >= 4 is 33.2 Å². The van der Waals surface area contributed by atoms with Crippen LogP contribution in [0.25, 0.3) is 55.4 Å². The molecule has 4 heteroatoms. The van der Waals surface area contributed by atoms with Gasteiger partial charge in [-0.3, -0.25) is 4.99 Å². The van der Waals surface area contributed by atoms with Gasteiger partial charge < -0.3 is 4.57 Å². The molecule has 0 N–H and O–H groups in total. The Bertz CT molecular complexity index is 2500. The first-order chi connectivity index (χ1) is 24.5. The molecule has 240 valence electrons. The van der Waals surface area contributed by atoms with Crippen LogP contribution >= 0.6 is 0 Å². The standard InChI is InChI=1S/C46H36N4/c1-4-5-9-33-16-25-45-43(27-33)42-12-6-7-13-44(42)50(45)46-28-40(39-11-8-10-35(26-39)30-48)23-24-41(46)32(3)49-31(2)36-19-21-38(22-20-36)37-17-14-34(29-47)15-18-37/h6-8,10-28H,2,4-5,9H2,1,3H3. The van der Waals surface area contributed by atoms with Gasteiger partial charge in [0.2, 0.25) is 0 Å². The molecule has 0 saturated heterocycles. The first-order valence-corrected chi connectivity index (χ1v) is 17.0. The van der Waals surface area contributed by atoms with Crippen LogP contribution in [0.2, 0.25) is 0 Å². The van der Waals surface area contributed by atoms with E-state index in [2.05, 4.69) is 109 Å². The Balaban J connectivity index is 1.35. The average Bonchev–Trinajstić information content (AvgIpc) is 3.50. The second-order valence-corrected chi connectivity index (χ2v) is 12.6. The summed E-state index contributed by atoms with van der Waals surface area (Å²) < 4.78 is 2.36. The number of unbranched alkanes of at least 4 members (excludes halogenated alkanes) is 1. The Morgan fingerprint density at radius 1 is 0.660 bits per heavy atom. The van der Waals surface area contributed by atoms with Crippen LogP contribution in [0, 0.1) is 22.7 Å². The van der Waals surface area contributed by atoms with Crippen molar-refractivity contribution in [3.8, 4) is 40.1 Å². The third-order valence-corrected chi connectivity index (χ3v) is 9.38. The highest BCUT2D eigenvalue weighted by atomic mass is 15.0. The molecule has 7 aromatic rings. The lowest BCUT2D eigenvalue weighted by Gasteiger charge is -2.16. The number of hydrogen-bond donors (Lipinski definition) is 0. The van der Waals surface area contributed by atoms with Crippen LogP contribution in [-0.2, 0) is 6.42 Å². The minimum absolute atomic E-state index is 0.629. The number of benzene rings is 6. The van der Waals surface area contributed by atoms with Crippen molar-refractivity contribution in [3.05, 3.63) is 168 Å². The van der Waals surface area contributed by atoms with Crippen LogP contribution in [0.5, 0.6) is 0 Å². The lowest BCUT2D eigenvalue weighted by atomic mass is 9.98. The first kappa shape index (κ1) is 32.1. The van der Waals surface area contributed by atoms with E-state index >= 15 is 0 Å². The van der Waals surface area contributed by atoms with E-state index in [0.29, 0.717) is 16.8 Å². The van der Waals surface area contributed by atoms with Gasteiger partial charge in [0, 0.05) is 22.0 Å². The van der Waals surface area contributed by atoms with Gasteiger partial charge >= 0.3 is 0 Å². The summed E-state index contributed by atoms with van der Waals surface area (Å²) >= 11 is 0. The van der Waals surface area contributed by atoms with Crippen LogP contribution in [-0.4, -0.2) is 10.3 Å². The van der Waals surface area contributed by atoms with E-state index in [1.165, 1.54) is 16.3 Å². The molecule has 7 rings (SSSR count). The maximum absolute atomic E-state index is 9.63. The van der Waals surface area contributed by atoms with Gasteiger partial charge in [0.25, 0.3) is 0 Å². The van der Waals surface area contributed by atoms with E-state index in [1.807, 2.05) is 61.5 Å². The van der Waals surface area contributed by atoms with Crippen LogP contribution in [0.15, 0.2) is 145 Å². The highest BCUT2D eigenvalue weighted by Crippen LogP contribution is 2.36. The van der Waals surface area contributed by atoms with Crippen LogP contribution in [0.4, 0.5) is 0 Å². The lowest BCUT2D eigenvalue weighted by molar-refractivity contribution is 0.796. The summed E-state index contributed by atoms with van der Waals surface area (Å²) in [7, 11) is 0. The van der Waals surface area contributed by atoms with Gasteiger partial charge in [0.1, 0.15) is 0 Å². The zero-order valence-corrected chi connectivity index (χ0v) is 28.3. The molecule has 0 bridgehead atoms. The number of para-hydroxylation sites is 1. The lowest BCUT2D eigenvalue weighted by Crippen LogP contribution is -2.05. The van der Waals surface area contributed by atoms with E-state index in [-0.39, 0.29) is 0 Å². The second kappa shape index (κ2) is 13.9. The van der Waals surface area contributed by atoms with Gasteiger partial charge in [-0.05, 0) is 102 Å². The van der Waals surface area contributed by atoms with Crippen molar-refractivity contribution in [1.29, 1.82) is 10.5 Å². The molecule has 0 aliphatic rings. The number of fused-ring (bicyclic) bond motifs is 3. The molecule has 0 aliphatic heterocycles. The van der Waals surface area contributed by atoms with Gasteiger partial charge in [-0.1, -0.05) is 105 Å². The highest BCUT2D eigenvalue weighted by molar-refractivity contribution is 6.12. The molecular weight excluding hydrogens is 609 g/mol. The van der Waals surface area contributed by atoms with Crippen molar-refractivity contribution in [2.45, 2.75) is 33.1 Å². The summed E-state index contributed by atoms with van der Waals surface area (Å²) in [6.07, 6.45) is 3.38. The van der Waals surface area contributed by atoms with E-state index < -0.39 is 0 Å². The van der Waals surface area contributed by atoms with Crippen LogP contribution in [0.3, 0.4) is 0 Å². The van der Waals surface area contributed by atoms with Crippen molar-refractivity contribution in [3.63, 3.8) is 0 Å². The predicted octanol–water partition coefficient (Wildman–Crippen LogP) is 11.7. The fourth-order valence-electron chi connectivity index (χ4n) is 6.71. The topological polar surface area (TPSA) is 64.9 Å². The first-order valence-electron chi connectivity index (χ1n) is 17.0. The van der Waals surface area contributed by atoms with Crippen LogP contribution < -0.4 is 0 Å². The molecule has 6 aromatic carbocycles. The fourth-order valence-corrected chi connectivity index (χ4v) is 6.71. The van der Waals surface area contributed by atoms with E-state index in [4.69, 9.17) is 10.3 Å². The summed E-state index contributed by atoms with van der Waals surface area (Å²) in [5.41, 5.74) is 13.5. The van der Waals surface area contributed by atoms with Crippen molar-refractivity contribution < 1.29 is 0 Å². The average molecular weight is 645 g/mol. The van der Waals surface area contributed by atoms with E-state index in [0.717, 1.165) is 75.1 Å². The van der Waals surface area contributed by atoms with Gasteiger partial charge in [-0.25, -0.2) is 0 Å². The molecule has 0 radical (unpaired) electrons. The highest BCUT2D eigenvalue weighted by Gasteiger charge is 2.18. The number of hydrogen-bond acceptors (Lipinski definition) is 3. The summed E-state index contributed by atoms with van der Waals surface area (Å²) in [5, 5.41) is 21.2. The normalized spacial score (nSPS) is 11.4. The SMILES string of the molecule is C=C(N=C(C)c1ccc(-c2cccc(C#N)c2)cc1-n1c2ccccc2c2cc(CCCC)ccc21)c1ccc(-c2ccc(C#N)cc2)cc1. The molecule has 50 heavy (non-hydrogen) atoms. The van der Waals surface area contributed by atoms with E-state index in [1.54, 1.807) is 0 Å². The maximum atomic E-state index is 9.63. The fraction of sp³-hybridized carbons (Fsp3) is 0.109. The van der Waals surface area contributed by atoms with Gasteiger partial charge in [0.05, 0.1) is 45.7 Å². The number of nitriles is 2. The number of aliphatic imine (C=N–C) groups is 1. The minimum atomic E-state index is 0.629.